The van der Waals surface area contributed by atoms with E-state index in [0.717, 1.165) is 17.1 Å². The van der Waals surface area contributed by atoms with Crippen LogP contribution in [0.4, 0.5) is 17.1 Å². The molecule has 0 radical (unpaired) electrons. The molecule has 0 atom stereocenters. The zero-order valence-electron chi connectivity index (χ0n) is 28.7. The highest BCUT2D eigenvalue weighted by molar-refractivity contribution is 5.99. The van der Waals surface area contributed by atoms with E-state index < -0.39 is 5.41 Å². The van der Waals surface area contributed by atoms with Gasteiger partial charge in [0.25, 0.3) is 0 Å². The van der Waals surface area contributed by atoms with E-state index in [9.17, 15) is 0 Å². The molecule has 0 bridgehead atoms. The molecule has 8 aromatic rings. The highest BCUT2D eigenvalue weighted by atomic mass is 15.1. The molecule has 2 aliphatic rings. The molecule has 0 saturated heterocycles. The Hall–Kier alpha value is -6.70. The lowest BCUT2D eigenvalue weighted by Crippen LogP contribution is -2.30. The molecule has 8 aromatic carbocycles. The minimum absolute atomic E-state index is 0.487. The number of hydrogen-bond acceptors (Lipinski definition) is 1. The SMILES string of the molecule is C1=Cc2ccccc2C2(c3ccccc31)c1ccccc1-c1c(N(c3ccc(-c4ccccc4)cc3)c3ccc(-c4ccccc4)cc3)cccc12. The van der Waals surface area contributed by atoms with Crippen LogP contribution in [0.15, 0.2) is 200 Å². The van der Waals surface area contributed by atoms with Gasteiger partial charge in [-0.15, -0.1) is 0 Å². The molecule has 10 rings (SSSR count). The average molecular weight is 662 g/mol. The number of nitrogens with zero attached hydrogens (tertiary/aromatic N) is 1. The molecule has 0 fully saturated rings. The molecule has 244 valence electrons. The van der Waals surface area contributed by atoms with Gasteiger partial charge in [0.05, 0.1) is 11.1 Å². The van der Waals surface area contributed by atoms with Crippen LogP contribution in [-0.2, 0) is 5.41 Å². The molecule has 0 amide bonds. The van der Waals surface area contributed by atoms with Crippen molar-refractivity contribution in [3.63, 3.8) is 0 Å². The van der Waals surface area contributed by atoms with Crippen molar-refractivity contribution in [2.45, 2.75) is 5.41 Å². The summed E-state index contributed by atoms with van der Waals surface area (Å²) >= 11 is 0. The van der Waals surface area contributed by atoms with E-state index in [4.69, 9.17) is 0 Å². The number of anilines is 3. The van der Waals surface area contributed by atoms with E-state index in [-0.39, 0.29) is 0 Å². The topological polar surface area (TPSA) is 3.24 Å². The van der Waals surface area contributed by atoms with Gasteiger partial charge in [-0.1, -0.05) is 182 Å². The molecule has 0 aliphatic heterocycles. The Balaban J connectivity index is 1.24. The van der Waals surface area contributed by atoms with Gasteiger partial charge in [0.2, 0.25) is 0 Å². The molecule has 1 spiro atoms. The number of rotatable bonds is 5. The first-order chi connectivity index (χ1) is 25.8. The fraction of sp³-hybridized carbons (Fsp3) is 0.0196. The van der Waals surface area contributed by atoms with Crippen molar-refractivity contribution in [2.24, 2.45) is 0 Å². The summed E-state index contributed by atoms with van der Waals surface area (Å²) in [6.45, 7) is 0. The summed E-state index contributed by atoms with van der Waals surface area (Å²) in [7, 11) is 0. The predicted octanol–water partition coefficient (Wildman–Crippen LogP) is 13.3. The lowest BCUT2D eigenvalue weighted by molar-refractivity contribution is 0.766. The first kappa shape index (κ1) is 30.2. The molecular weight excluding hydrogens is 627 g/mol. The first-order valence-corrected chi connectivity index (χ1v) is 18.0. The van der Waals surface area contributed by atoms with Crippen LogP contribution in [0.1, 0.15) is 33.4 Å². The fourth-order valence-corrected chi connectivity index (χ4v) is 8.66. The number of fused-ring (bicyclic) bond motifs is 9. The van der Waals surface area contributed by atoms with Gasteiger partial charge in [0.1, 0.15) is 0 Å². The molecule has 2 aliphatic carbocycles. The summed E-state index contributed by atoms with van der Waals surface area (Å²) in [4.78, 5) is 2.45. The Morgan fingerprint density at radius 1 is 0.308 bits per heavy atom. The molecular formula is C51H35N. The minimum atomic E-state index is -0.487. The van der Waals surface area contributed by atoms with Gasteiger partial charge < -0.3 is 4.90 Å². The van der Waals surface area contributed by atoms with Gasteiger partial charge in [-0.05, 0) is 91.5 Å². The van der Waals surface area contributed by atoms with Gasteiger partial charge >= 0.3 is 0 Å². The normalized spacial score (nSPS) is 13.1. The molecule has 0 heterocycles. The van der Waals surface area contributed by atoms with Crippen LogP contribution in [0.2, 0.25) is 0 Å². The number of hydrogen-bond donors (Lipinski definition) is 0. The van der Waals surface area contributed by atoms with E-state index in [0.29, 0.717) is 0 Å². The number of benzene rings is 8. The van der Waals surface area contributed by atoms with Crippen LogP contribution < -0.4 is 4.90 Å². The third-order valence-electron chi connectivity index (χ3n) is 10.9. The monoisotopic (exact) mass is 661 g/mol. The van der Waals surface area contributed by atoms with Crippen molar-refractivity contribution in [1.29, 1.82) is 0 Å². The Bertz CT molecular complexity index is 2470. The van der Waals surface area contributed by atoms with Crippen LogP contribution >= 0.6 is 0 Å². The Morgan fingerprint density at radius 2 is 0.731 bits per heavy atom. The molecule has 1 heteroatoms. The van der Waals surface area contributed by atoms with E-state index in [2.05, 4.69) is 217 Å². The second kappa shape index (κ2) is 12.3. The smallest absolute Gasteiger partial charge is 0.0725 e. The van der Waals surface area contributed by atoms with E-state index in [1.54, 1.807) is 0 Å². The predicted molar refractivity (Wildman–Crippen MR) is 218 cm³/mol. The summed E-state index contributed by atoms with van der Waals surface area (Å²) in [5.74, 6) is 0. The maximum atomic E-state index is 2.45. The van der Waals surface area contributed by atoms with Crippen LogP contribution in [0.25, 0.3) is 45.5 Å². The van der Waals surface area contributed by atoms with Crippen LogP contribution in [0.3, 0.4) is 0 Å². The van der Waals surface area contributed by atoms with Crippen LogP contribution in [0.5, 0.6) is 0 Å². The van der Waals surface area contributed by atoms with Crippen molar-refractivity contribution >= 4 is 29.2 Å². The zero-order chi connectivity index (χ0) is 34.5. The standard InChI is InChI=1S/C51H35N/c1-3-14-36(15-4-1)38-28-32-42(33-29-38)52(43-34-30-39(31-35-43)37-16-5-2-6-17-37)49-25-13-24-48-50(49)44-20-9-12-23-47(44)51(48)45-21-10-7-18-40(45)26-27-41-19-8-11-22-46(41)51/h1-35H. The van der Waals surface area contributed by atoms with Crippen molar-refractivity contribution in [2.75, 3.05) is 4.90 Å². The summed E-state index contributed by atoms with van der Waals surface area (Å²) in [5, 5.41) is 0. The highest BCUT2D eigenvalue weighted by Gasteiger charge is 2.49. The van der Waals surface area contributed by atoms with Gasteiger partial charge in [0.15, 0.2) is 0 Å². The van der Waals surface area contributed by atoms with E-state index in [1.807, 2.05) is 0 Å². The summed E-state index contributed by atoms with van der Waals surface area (Å²) in [6.07, 6.45) is 4.59. The zero-order valence-corrected chi connectivity index (χ0v) is 28.7. The van der Waals surface area contributed by atoms with Gasteiger partial charge in [-0.3, -0.25) is 0 Å². The molecule has 52 heavy (non-hydrogen) atoms. The highest BCUT2D eigenvalue weighted by Crippen LogP contribution is 2.61. The summed E-state index contributed by atoms with van der Waals surface area (Å²) in [5.41, 5.74) is 18.0. The Morgan fingerprint density at radius 3 is 1.27 bits per heavy atom. The lowest BCUT2D eigenvalue weighted by atomic mass is 9.66. The van der Waals surface area contributed by atoms with Crippen molar-refractivity contribution in [1.82, 2.24) is 0 Å². The second-order valence-corrected chi connectivity index (χ2v) is 13.7. The largest absolute Gasteiger partial charge is 0.310 e. The molecule has 0 N–H and O–H groups in total. The van der Waals surface area contributed by atoms with Crippen molar-refractivity contribution in [3.05, 3.63) is 234 Å². The second-order valence-electron chi connectivity index (χ2n) is 13.7. The Kier molecular flexibility index (Phi) is 7.11. The van der Waals surface area contributed by atoms with Crippen LogP contribution in [0, 0.1) is 0 Å². The average Bonchev–Trinajstić information content (AvgIpc) is 3.44. The van der Waals surface area contributed by atoms with Crippen LogP contribution in [-0.4, -0.2) is 0 Å². The minimum Gasteiger partial charge on any atom is -0.310 e. The summed E-state index contributed by atoms with van der Waals surface area (Å²) in [6, 6.07) is 73.2. The van der Waals surface area contributed by atoms with Gasteiger partial charge in [-0.2, -0.15) is 0 Å². The maximum absolute atomic E-state index is 2.45. The molecule has 1 nitrogen and oxygen atoms in total. The van der Waals surface area contributed by atoms with E-state index in [1.165, 1.54) is 66.8 Å². The Labute approximate surface area is 305 Å². The van der Waals surface area contributed by atoms with Crippen molar-refractivity contribution in [3.8, 4) is 33.4 Å². The molecule has 0 unspecified atom stereocenters. The molecule has 0 aromatic heterocycles. The third-order valence-corrected chi connectivity index (χ3v) is 10.9. The fourth-order valence-electron chi connectivity index (χ4n) is 8.66. The third kappa shape index (κ3) is 4.63. The quantitative estimate of drug-likeness (QED) is 0.177. The van der Waals surface area contributed by atoms with Gasteiger partial charge in [0, 0.05) is 16.9 Å². The molecule has 0 saturated carbocycles. The van der Waals surface area contributed by atoms with Gasteiger partial charge in [-0.25, -0.2) is 0 Å². The maximum Gasteiger partial charge on any atom is 0.0725 e. The summed E-state index contributed by atoms with van der Waals surface area (Å²) < 4.78 is 0. The van der Waals surface area contributed by atoms with Crippen molar-refractivity contribution < 1.29 is 0 Å². The lowest BCUT2D eigenvalue weighted by Gasteiger charge is -2.35. The first-order valence-electron chi connectivity index (χ1n) is 18.0. The van der Waals surface area contributed by atoms with E-state index >= 15 is 0 Å².